The van der Waals surface area contributed by atoms with Gasteiger partial charge in [-0.05, 0) is 18.9 Å². The average molecular weight is 195 g/mol. The van der Waals surface area contributed by atoms with Crippen molar-refractivity contribution in [3.63, 3.8) is 0 Å². The number of allylic oxidation sites excluding steroid dienone is 1. The lowest BCUT2D eigenvalue weighted by atomic mass is 10.1. The van der Waals surface area contributed by atoms with Gasteiger partial charge < -0.3 is 9.47 Å². The third-order valence-electron chi connectivity index (χ3n) is 2.54. The largest absolute Gasteiger partial charge is 0.474 e. The maximum absolute atomic E-state index is 5.67. The fourth-order valence-electron chi connectivity index (χ4n) is 1.64. The first-order valence-corrected chi connectivity index (χ1v) is 5.32. The summed E-state index contributed by atoms with van der Waals surface area (Å²) in [5, 5.41) is 0. The summed E-state index contributed by atoms with van der Waals surface area (Å²) in [5.41, 5.74) is 3.17. The standard InChI is InChI=1S/C11H17NO2/c1-2-4-11(5-3-1)14-10-12-6-8-13-9-7-12/h2H,1,3,5-10H2. The van der Waals surface area contributed by atoms with Gasteiger partial charge in [0, 0.05) is 19.5 Å². The summed E-state index contributed by atoms with van der Waals surface area (Å²) in [7, 11) is 0. The van der Waals surface area contributed by atoms with E-state index in [1.54, 1.807) is 0 Å². The van der Waals surface area contributed by atoms with Crippen LogP contribution in [0.1, 0.15) is 19.3 Å². The summed E-state index contributed by atoms with van der Waals surface area (Å²) in [5.74, 6) is 1.02. The summed E-state index contributed by atoms with van der Waals surface area (Å²) in [6, 6.07) is 0. The highest BCUT2D eigenvalue weighted by Crippen LogP contribution is 2.13. The molecular weight excluding hydrogens is 178 g/mol. The molecule has 14 heavy (non-hydrogen) atoms. The Kier molecular flexibility index (Phi) is 3.64. The summed E-state index contributed by atoms with van der Waals surface area (Å²) < 4.78 is 10.9. The van der Waals surface area contributed by atoms with Crippen LogP contribution in [0.4, 0.5) is 0 Å². The molecule has 1 aliphatic heterocycles. The fourth-order valence-corrected chi connectivity index (χ4v) is 1.64. The Bertz CT molecular complexity index is 238. The summed E-state index contributed by atoms with van der Waals surface area (Å²) in [6.45, 7) is 4.32. The highest BCUT2D eigenvalue weighted by molar-refractivity contribution is 4.98. The van der Waals surface area contributed by atoms with E-state index >= 15 is 0 Å². The number of nitrogens with zero attached hydrogens (tertiary/aromatic N) is 1. The van der Waals surface area contributed by atoms with Gasteiger partial charge in [0.25, 0.3) is 0 Å². The lowest BCUT2D eigenvalue weighted by Crippen LogP contribution is -2.37. The molecule has 3 nitrogen and oxygen atoms in total. The fraction of sp³-hybridized carbons (Fsp3) is 0.727. The van der Waals surface area contributed by atoms with E-state index in [0.717, 1.165) is 44.9 Å². The maximum atomic E-state index is 5.67. The predicted octanol–water partition coefficient (Wildman–Crippen LogP) is 1.52. The Morgan fingerprint density at radius 2 is 2.29 bits per heavy atom. The van der Waals surface area contributed by atoms with Crippen LogP contribution in [0.2, 0.25) is 0 Å². The first-order chi connectivity index (χ1) is 6.95. The minimum Gasteiger partial charge on any atom is -0.474 e. The van der Waals surface area contributed by atoms with Crippen LogP contribution in [0, 0.1) is 0 Å². The number of morpholine rings is 1. The number of ether oxygens (including phenoxy) is 2. The normalized spacial score (nSPS) is 23.3. The highest BCUT2D eigenvalue weighted by Gasteiger charge is 2.11. The van der Waals surface area contributed by atoms with Crippen molar-refractivity contribution in [2.24, 2.45) is 0 Å². The van der Waals surface area contributed by atoms with Gasteiger partial charge >= 0.3 is 0 Å². The Morgan fingerprint density at radius 3 is 3.00 bits per heavy atom. The Morgan fingerprint density at radius 1 is 1.43 bits per heavy atom. The monoisotopic (exact) mass is 195 g/mol. The first kappa shape index (κ1) is 9.78. The molecule has 1 aliphatic carbocycles. The van der Waals surface area contributed by atoms with Crippen LogP contribution in [-0.2, 0) is 9.47 Å². The molecule has 1 fully saturated rings. The molecule has 0 aromatic rings. The van der Waals surface area contributed by atoms with E-state index in [0.29, 0.717) is 6.73 Å². The molecule has 0 atom stereocenters. The molecular formula is C11H17NO2. The molecule has 0 aromatic heterocycles. The van der Waals surface area contributed by atoms with Gasteiger partial charge in [0.15, 0.2) is 0 Å². The minimum atomic E-state index is 0.694. The molecule has 2 rings (SSSR count). The third-order valence-corrected chi connectivity index (χ3v) is 2.54. The maximum Gasteiger partial charge on any atom is 0.142 e. The molecule has 0 bridgehead atoms. The van der Waals surface area contributed by atoms with E-state index in [9.17, 15) is 0 Å². The molecule has 1 heterocycles. The number of rotatable bonds is 3. The predicted molar refractivity (Wildman–Crippen MR) is 53.8 cm³/mol. The molecule has 78 valence electrons. The van der Waals surface area contributed by atoms with Gasteiger partial charge in [0.2, 0.25) is 0 Å². The molecule has 1 saturated heterocycles. The van der Waals surface area contributed by atoms with Crippen LogP contribution >= 0.6 is 0 Å². The third kappa shape index (κ3) is 2.88. The van der Waals surface area contributed by atoms with E-state index in [1.807, 2.05) is 0 Å². The molecule has 3 heteroatoms. The van der Waals surface area contributed by atoms with Crippen LogP contribution < -0.4 is 0 Å². The van der Waals surface area contributed by atoms with Crippen LogP contribution in [0.25, 0.3) is 0 Å². The number of hydrogen-bond donors (Lipinski definition) is 0. The lowest BCUT2D eigenvalue weighted by Gasteiger charge is -2.26. The van der Waals surface area contributed by atoms with Crippen LogP contribution in [0.15, 0.2) is 17.6 Å². The van der Waals surface area contributed by atoms with Gasteiger partial charge in [-0.2, -0.15) is 0 Å². The van der Waals surface area contributed by atoms with Gasteiger partial charge in [-0.1, -0.05) is 5.73 Å². The molecule has 0 radical (unpaired) electrons. The average Bonchev–Trinajstić information content (AvgIpc) is 2.29. The van der Waals surface area contributed by atoms with E-state index in [4.69, 9.17) is 9.47 Å². The van der Waals surface area contributed by atoms with Crippen LogP contribution in [0.3, 0.4) is 0 Å². The second kappa shape index (κ2) is 5.20. The Balaban J connectivity index is 1.73. The zero-order valence-corrected chi connectivity index (χ0v) is 8.50. The first-order valence-electron chi connectivity index (χ1n) is 5.32. The van der Waals surface area contributed by atoms with Gasteiger partial charge in [-0.3, -0.25) is 4.90 Å². The van der Waals surface area contributed by atoms with Crippen LogP contribution in [0.5, 0.6) is 0 Å². The van der Waals surface area contributed by atoms with Gasteiger partial charge in [0.1, 0.15) is 12.5 Å². The van der Waals surface area contributed by atoms with Crippen molar-refractivity contribution in [3.05, 3.63) is 17.6 Å². The Labute approximate surface area is 85.0 Å². The van der Waals surface area contributed by atoms with E-state index in [2.05, 4.69) is 16.7 Å². The van der Waals surface area contributed by atoms with Crippen molar-refractivity contribution in [2.75, 3.05) is 33.0 Å². The molecule has 0 saturated carbocycles. The van der Waals surface area contributed by atoms with Crippen molar-refractivity contribution >= 4 is 0 Å². The highest BCUT2D eigenvalue weighted by atomic mass is 16.5. The van der Waals surface area contributed by atoms with Crippen molar-refractivity contribution in [1.82, 2.24) is 4.90 Å². The molecule has 0 N–H and O–H groups in total. The molecule has 0 spiro atoms. The van der Waals surface area contributed by atoms with Gasteiger partial charge in [-0.25, -0.2) is 0 Å². The zero-order valence-electron chi connectivity index (χ0n) is 8.50. The quantitative estimate of drug-likeness (QED) is 0.637. The van der Waals surface area contributed by atoms with E-state index < -0.39 is 0 Å². The van der Waals surface area contributed by atoms with Crippen molar-refractivity contribution in [3.8, 4) is 0 Å². The number of hydrogen-bond acceptors (Lipinski definition) is 3. The smallest absolute Gasteiger partial charge is 0.142 e. The van der Waals surface area contributed by atoms with Crippen LogP contribution in [-0.4, -0.2) is 37.9 Å². The SMILES string of the molecule is C1=CCCCC=1OCN1CCOCC1. The Hall–Kier alpha value is -0.760. The topological polar surface area (TPSA) is 21.7 Å². The van der Waals surface area contributed by atoms with Crippen molar-refractivity contribution in [1.29, 1.82) is 0 Å². The second-order valence-electron chi connectivity index (χ2n) is 3.67. The zero-order chi connectivity index (χ0) is 9.64. The molecule has 0 amide bonds. The summed E-state index contributed by atoms with van der Waals surface area (Å²) in [6.07, 6.45) is 5.45. The summed E-state index contributed by atoms with van der Waals surface area (Å²) in [4.78, 5) is 2.27. The molecule has 2 aliphatic rings. The second-order valence-corrected chi connectivity index (χ2v) is 3.67. The minimum absolute atomic E-state index is 0.694. The lowest BCUT2D eigenvalue weighted by molar-refractivity contribution is -0.0154. The van der Waals surface area contributed by atoms with E-state index in [-0.39, 0.29) is 0 Å². The summed E-state index contributed by atoms with van der Waals surface area (Å²) >= 11 is 0. The van der Waals surface area contributed by atoms with Crippen molar-refractivity contribution in [2.45, 2.75) is 19.3 Å². The van der Waals surface area contributed by atoms with E-state index in [1.165, 1.54) is 6.42 Å². The van der Waals surface area contributed by atoms with Gasteiger partial charge in [-0.15, -0.1) is 0 Å². The molecule has 0 unspecified atom stereocenters. The molecule has 0 aromatic carbocycles. The van der Waals surface area contributed by atoms with Gasteiger partial charge in [0.05, 0.1) is 13.2 Å². The van der Waals surface area contributed by atoms with Crippen molar-refractivity contribution < 1.29 is 9.47 Å².